The van der Waals surface area contributed by atoms with Crippen molar-refractivity contribution in [3.8, 4) is 0 Å². The van der Waals surface area contributed by atoms with Crippen LogP contribution in [0.4, 0.5) is 0 Å². The van der Waals surface area contributed by atoms with E-state index < -0.39 is 18.0 Å². The van der Waals surface area contributed by atoms with Gasteiger partial charge in [-0.25, -0.2) is 0 Å². The van der Waals surface area contributed by atoms with Crippen LogP contribution in [-0.4, -0.2) is 82.6 Å². The molecule has 14 heavy (non-hydrogen) atoms. The minimum absolute atomic E-state index is 0. The Hall–Kier alpha value is 0.536. The van der Waals surface area contributed by atoms with Crippen LogP contribution in [0.2, 0.25) is 0 Å². The summed E-state index contributed by atoms with van der Waals surface area (Å²) >= 11 is 0. The Balaban J connectivity index is 0. The first-order chi connectivity index (χ1) is 6.11. The predicted octanol–water partition coefficient (Wildman–Crippen LogP) is -0.818. The number of carbonyl (C=O) groups excluding carboxylic acids is 2. The van der Waals surface area contributed by atoms with Gasteiger partial charge in [-0.2, -0.15) is 0 Å². The van der Waals surface area contributed by atoms with Gasteiger partial charge in [0.1, 0.15) is 6.04 Å². The van der Waals surface area contributed by atoms with E-state index >= 15 is 0 Å². The van der Waals surface area contributed by atoms with Crippen molar-refractivity contribution < 1.29 is 19.1 Å². The second-order valence-electron chi connectivity index (χ2n) is 2.37. The molecule has 0 rings (SSSR count). The van der Waals surface area contributed by atoms with Gasteiger partial charge in [0.05, 0.1) is 19.6 Å². The van der Waals surface area contributed by atoms with Crippen LogP contribution in [0.25, 0.3) is 0 Å². The van der Waals surface area contributed by atoms with Gasteiger partial charge in [-0.1, -0.05) is 0 Å². The van der Waals surface area contributed by atoms with Gasteiger partial charge < -0.3 is 15.2 Å². The van der Waals surface area contributed by atoms with Crippen molar-refractivity contribution in [3.63, 3.8) is 0 Å². The summed E-state index contributed by atoms with van der Waals surface area (Å²) in [6.07, 6.45) is -0.132. The Morgan fingerprint density at radius 1 is 1.21 bits per heavy atom. The standard InChI is InChI=1S/C8H15NO4.K.H/c1-3-12-7(10)5-6(9)8(11)13-4-2;;/h6H,3-5,9H2,1-2H3;;. The monoisotopic (exact) mass is 229 g/mol. The summed E-state index contributed by atoms with van der Waals surface area (Å²) in [4.78, 5) is 21.8. The van der Waals surface area contributed by atoms with E-state index in [2.05, 4.69) is 9.47 Å². The third kappa shape index (κ3) is 7.90. The molecule has 78 valence electrons. The summed E-state index contributed by atoms with van der Waals surface area (Å²) in [5.74, 6) is -1.06. The Kier molecular flexibility index (Phi) is 12.2. The van der Waals surface area contributed by atoms with E-state index in [1.165, 1.54) is 0 Å². The molecule has 6 heteroatoms. The summed E-state index contributed by atoms with van der Waals surface area (Å²) in [5, 5.41) is 0. The molecule has 0 heterocycles. The molecule has 2 N–H and O–H groups in total. The normalized spacial score (nSPS) is 11.1. The molecule has 5 nitrogen and oxygen atoms in total. The number of nitrogens with two attached hydrogens (primary N) is 1. The third-order valence-corrected chi connectivity index (χ3v) is 1.28. The zero-order valence-electron chi connectivity index (χ0n) is 7.91. The maximum absolute atomic E-state index is 10.9. The van der Waals surface area contributed by atoms with E-state index in [1.54, 1.807) is 13.8 Å². The van der Waals surface area contributed by atoms with Crippen LogP contribution < -0.4 is 5.73 Å². The molecule has 0 aromatic heterocycles. The van der Waals surface area contributed by atoms with Gasteiger partial charge in [0.15, 0.2) is 0 Å². The predicted molar refractivity (Wildman–Crippen MR) is 53.0 cm³/mol. The van der Waals surface area contributed by atoms with Crippen molar-refractivity contribution in [2.24, 2.45) is 5.73 Å². The molecular weight excluding hydrogens is 213 g/mol. The molecule has 0 saturated carbocycles. The maximum atomic E-state index is 10.9. The topological polar surface area (TPSA) is 78.6 Å². The van der Waals surface area contributed by atoms with Gasteiger partial charge in [-0.3, -0.25) is 9.59 Å². The van der Waals surface area contributed by atoms with Gasteiger partial charge in [0, 0.05) is 0 Å². The molecule has 0 aliphatic carbocycles. The molecule has 0 aliphatic heterocycles. The molecular formula is C8H16KNO4. The summed E-state index contributed by atoms with van der Waals surface area (Å²) in [7, 11) is 0. The zero-order valence-corrected chi connectivity index (χ0v) is 7.91. The molecule has 0 bridgehead atoms. The first kappa shape index (κ1) is 16.9. The molecule has 0 radical (unpaired) electrons. The molecule has 0 aromatic rings. The van der Waals surface area contributed by atoms with E-state index in [1.807, 2.05) is 0 Å². The van der Waals surface area contributed by atoms with E-state index in [0.29, 0.717) is 0 Å². The van der Waals surface area contributed by atoms with Gasteiger partial charge in [-0.15, -0.1) is 0 Å². The van der Waals surface area contributed by atoms with Crippen molar-refractivity contribution in [3.05, 3.63) is 0 Å². The second kappa shape index (κ2) is 10.1. The Bertz CT molecular complexity index is 186. The van der Waals surface area contributed by atoms with Crippen molar-refractivity contribution >= 4 is 63.3 Å². The number of ether oxygens (including phenoxy) is 2. The summed E-state index contributed by atoms with van der Waals surface area (Å²) in [6, 6.07) is -0.918. The molecule has 1 unspecified atom stereocenters. The average molecular weight is 229 g/mol. The zero-order chi connectivity index (χ0) is 10.3. The second-order valence-corrected chi connectivity index (χ2v) is 2.37. The quantitative estimate of drug-likeness (QED) is 0.492. The van der Waals surface area contributed by atoms with Crippen molar-refractivity contribution in [1.29, 1.82) is 0 Å². The van der Waals surface area contributed by atoms with E-state index in [4.69, 9.17) is 5.73 Å². The Morgan fingerprint density at radius 2 is 1.71 bits per heavy atom. The summed E-state index contributed by atoms with van der Waals surface area (Å²) < 4.78 is 9.23. The number of esters is 2. The molecule has 0 amide bonds. The number of carbonyl (C=O) groups is 2. The van der Waals surface area contributed by atoms with Crippen LogP contribution in [-0.2, 0) is 19.1 Å². The first-order valence-electron chi connectivity index (χ1n) is 4.19. The number of hydrogen-bond acceptors (Lipinski definition) is 5. The fourth-order valence-electron chi connectivity index (χ4n) is 0.732. The molecule has 1 atom stereocenters. The van der Waals surface area contributed by atoms with Crippen LogP contribution in [0, 0.1) is 0 Å². The molecule has 0 fully saturated rings. The van der Waals surface area contributed by atoms with Crippen LogP contribution in [0.3, 0.4) is 0 Å². The number of rotatable bonds is 5. The van der Waals surface area contributed by atoms with Crippen molar-refractivity contribution in [2.75, 3.05) is 13.2 Å². The Morgan fingerprint density at radius 3 is 2.14 bits per heavy atom. The molecule has 0 aliphatic rings. The van der Waals surface area contributed by atoms with Crippen LogP contribution in [0.5, 0.6) is 0 Å². The van der Waals surface area contributed by atoms with Gasteiger partial charge in [0.2, 0.25) is 0 Å². The fourth-order valence-corrected chi connectivity index (χ4v) is 0.732. The van der Waals surface area contributed by atoms with Crippen LogP contribution in [0.1, 0.15) is 20.3 Å². The van der Waals surface area contributed by atoms with Crippen LogP contribution in [0.15, 0.2) is 0 Å². The molecule has 0 spiro atoms. The first-order valence-corrected chi connectivity index (χ1v) is 4.19. The van der Waals surface area contributed by atoms with Crippen LogP contribution >= 0.6 is 0 Å². The van der Waals surface area contributed by atoms with E-state index in [-0.39, 0.29) is 71.0 Å². The molecule has 0 aromatic carbocycles. The van der Waals surface area contributed by atoms with E-state index in [0.717, 1.165) is 0 Å². The molecule has 0 saturated heterocycles. The van der Waals surface area contributed by atoms with Gasteiger partial charge in [-0.05, 0) is 13.8 Å². The van der Waals surface area contributed by atoms with Gasteiger partial charge >= 0.3 is 63.3 Å². The Labute approximate surface area is 126 Å². The number of hydrogen-bond donors (Lipinski definition) is 1. The fraction of sp³-hybridized carbons (Fsp3) is 0.750. The van der Waals surface area contributed by atoms with Crippen molar-refractivity contribution in [1.82, 2.24) is 0 Å². The van der Waals surface area contributed by atoms with Gasteiger partial charge in [0.25, 0.3) is 0 Å². The minimum atomic E-state index is -0.918. The van der Waals surface area contributed by atoms with Crippen molar-refractivity contribution in [2.45, 2.75) is 26.3 Å². The third-order valence-electron chi connectivity index (χ3n) is 1.28. The summed E-state index contributed by atoms with van der Waals surface area (Å²) in [6.45, 7) is 3.91. The van der Waals surface area contributed by atoms with E-state index in [9.17, 15) is 9.59 Å². The average Bonchev–Trinajstić information content (AvgIpc) is 2.05. The SMILES string of the molecule is CCOC(=O)CC(N)C(=O)OCC.[KH]. The summed E-state index contributed by atoms with van der Waals surface area (Å²) in [5.41, 5.74) is 5.36.